The monoisotopic (exact) mass is 265 g/mol. The molecule has 0 aliphatic carbocycles. The fraction of sp³-hybridized carbons (Fsp3) is 0.625. The molecule has 1 aromatic heterocycles. The number of rotatable bonds is 3. The predicted molar refractivity (Wildman–Crippen MR) is 59.5 cm³/mol. The van der Waals surface area contributed by atoms with Crippen LogP contribution in [-0.2, 0) is 4.74 Å². The van der Waals surface area contributed by atoms with E-state index in [4.69, 9.17) is 27.9 Å². The fourth-order valence-electron chi connectivity index (χ4n) is 1.32. The average molecular weight is 266 g/mol. The molecule has 0 saturated carbocycles. The molecule has 0 spiro atoms. The second-order valence-electron chi connectivity index (χ2n) is 3.12. The lowest BCUT2D eigenvalue weighted by Gasteiger charge is -2.08. The lowest BCUT2D eigenvalue weighted by Crippen LogP contribution is -2.08. The molecule has 0 aromatic carbocycles. The lowest BCUT2D eigenvalue weighted by molar-refractivity contribution is 0.129. The van der Waals surface area contributed by atoms with E-state index in [1.807, 2.05) is 0 Å². The Morgan fingerprint density at radius 3 is 3.00 bits per heavy atom. The van der Waals surface area contributed by atoms with E-state index >= 15 is 0 Å². The number of ether oxygens (including phenoxy) is 1. The summed E-state index contributed by atoms with van der Waals surface area (Å²) in [5, 5.41) is 8.26. The number of hydrogen-bond donors (Lipinski definition) is 0. The zero-order chi connectivity index (χ0) is 10.7. The topological polar surface area (TPSA) is 47.9 Å². The number of halogens is 2. The first kappa shape index (κ1) is 11.4. The Bertz CT molecular complexity index is 347. The molecular formula is C8H9Cl2N3OS. The maximum absolute atomic E-state index is 5.83. The molecule has 1 fully saturated rings. The highest BCUT2D eigenvalue weighted by molar-refractivity contribution is 7.99. The molecular weight excluding hydrogens is 257 g/mol. The van der Waals surface area contributed by atoms with Crippen molar-refractivity contribution >= 4 is 35.0 Å². The maximum Gasteiger partial charge on any atom is 0.244 e. The summed E-state index contributed by atoms with van der Waals surface area (Å²) in [6.45, 7) is 0.849. The van der Waals surface area contributed by atoms with Gasteiger partial charge in [0, 0.05) is 12.4 Å². The van der Waals surface area contributed by atoms with E-state index in [2.05, 4.69) is 15.2 Å². The fourth-order valence-corrected chi connectivity index (χ4v) is 2.65. The lowest BCUT2D eigenvalue weighted by atomic mass is 10.3. The smallest absolute Gasteiger partial charge is 0.244 e. The summed E-state index contributed by atoms with van der Waals surface area (Å²) in [6.07, 6.45) is 2.51. The third-order valence-electron chi connectivity index (χ3n) is 2.02. The first-order chi connectivity index (χ1) is 7.25. The van der Waals surface area contributed by atoms with Gasteiger partial charge < -0.3 is 4.74 Å². The number of hydrogen-bond acceptors (Lipinski definition) is 5. The van der Waals surface area contributed by atoms with E-state index in [1.54, 1.807) is 0 Å². The van der Waals surface area contributed by atoms with Crippen LogP contribution in [0.2, 0.25) is 10.4 Å². The van der Waals surface area contributed by atoms with E-state index in [0.29, 0.717) is 16.3 Å². The van der Waals surface area contributed by atoms with Gasteiger partial charge in [-0.15, -0.1) is 22.0 Å². The predicted octanol–water partition coefficient (Wildman–Crippen LogP) is 2.45. The highest BCUT2D eigenvalue weighted by Crippen LogP contribution is 2.26. The van der Waals surface area contributed by atoms with Gasteiger partial charge in [0.05, 0.1) is 6.10 Å². The third-order valence-corrected chi connectivity index (χ3v) is 3.64. The molecule has 1 aromatic rings. The molecule has 1 atom stereocenters. The molecule has 7 heteroatoms. The zero-order valence-corrected chi connectivity index (χ0v) is 10.1. The van der Waals surface area contributed by atoms with Crippen molar-refractivity contribution in [3.8, 4) is 0 Å². The van der Waals surface area contributed by atoms with E-state index in [9.17, 15) is 0 Å². The summed E-state index contributed by atoms with van der Waals surface area (Å²) in [6, 6.07) is 0. The van der Waals surface area contributed by atoms with Crippen LogP contribution in [0.15, 0.2) is 5.03 Å². The Labute approximate surface area is 102 Å². The van der Waals surface area contributed by atoms with Gasteiger partial charge in [-0.2, -0.15) is 0 Å². The Morgan fingerprint density at radius 1 is 1.40 bits per heavy atom. The molecule has 4 nitrogen and oxygen atoms in total. The van der Waals surface area contributed by atoms with Crippen LogP contribution in [0.5, 0.6) is 0 Å². The maximum atomic E-state index is 5.83. The summed E-state index contributed by atoms with van der Waals surface area (Å²) in [4.78, 5) is 4.00. The van der Waals surface area contributed by atoms with Crippen LogP contribution in [0.4, 0.5) is 0 Å². The second-order valence-corrected chi connectivity index (χ2v) is 4.83. The number of nitrogens with zero attached hydrogens (tertiary/aromatic N) is 3. The molecule has 15 heavy (non-hydrogen) atoms. The Kier molecular flexibility index (Phi) is 4.02. The van der Waals surface area contributed by atoms with Gasteiger partial charge in [-0.05, 0) is 24.4 Å². The molecule has 1 aliphatic rings. The van der Waals surface area contributed by atoms with Crippen LogP contribution in [0.25, 0.3) is 0 Å². The molecule has 1 unspecified atom stereocenters. The molecule has 2 rings (SSSR count). The molecule has 0 bridgehead atoms. The van der Waals surface area contributed by atoms with Crippen molar-refractivity contribution in [2.24, 2.45) is 0 Å². The van der Waals surface area contributed by atoms with Crippen molar-refractivity contribution in [1.29, 1.82) is 0 Å². The van der Waals surface area contributed by atoms with Gasteiger partial charge in [-0.25, -0.2) is 4.98 Å². The van der Waals surface area contributed by atoms with Crippen LogP contribution in [-0.4, -0.2) is 33.6 Å². The van der Waals surface area contributed by atoms with E-state index < -0.39 is 0 Å². The summed E-state index contributed by atoms with van der Waals surface area (Å²) >= 11 is 13.0. The largest absolute Gasteiger partial charge is 0.377 e. The minimum atomic E-state index is 0.120. The Morgan fingerprint density at radius 2 is 2.27 bits per heavy atom. The molecule has 1 aliphatic heterocycles. The van der Waals surface area contributed by atoms with Crippen LogP contribution >= 0.6 is 35.0 Å². The summed E-state index contributed by atoms with van der Waals surface area (Å²) in [7, 11) is 0. The highest BCUT2D eigenvalue weighted by Gasteiger charge is 2.17. The van der Waals surface area contributed by atoms with Crippen LogP contribution in [0.1, 0.15) is 12.8 Å². The SMILES string of the molecule is Clc1nnc(Cl)c(SCC2CCCO2)n1. The quantitative estimate of drug-likeness (QED) is 0.786. The van der Waals surface area contributed by atoms with Gasteiger partial charge in [0.1, 0.15) is 5.03 Å². The third kappa shape index (κ3) is 3.17. The molecule has 2 heterocycles. The standard InChI is InChI=1S/C8H9Cl2N3OS/c9-6-7(11-8(10)13-12-6)15-4-5-2-1-3-14-5/h5H,1-4H2. The van der Waals surface area contributed by atoms with Gasteiger partial charge in [0.15, 0.2) is 5.15 Å². The first-order valence-electron chi connectivity index (χ1n) is 4.56. The molecule has 0 N–H and O–H groups in total. The van der Waals surface area contributed by atoms with Gasteiger partial charge in [0.2, 0.25) is 5.28 Å². The second kappa shape index (κ2) is 5.30. The Balaban J connectivity index is 1.94. The van der Waals surface area contributed by atoms with Crippen molar-refractivity contribution in [2.75, 3.05) is 12.4 Å². The first-order valence-corrected chi connectivity index (χ1v) is 6.30. The molecule has 0 amide bonds. The van der Waals surface area contributed by atoms with E-state index in [1.165, 1.54) is 11.8 Å². The van der Waals surface area contributed by atoms with Crippen LogP contribution < -0.4 is 0 Å². The highest BCUT2D eigenvalue weighted by atomic mass is 35.5. The van der Waals surface area contributed by atoms with Gasteiger partial charge in [-0.3, -0.25) is 0 Å². The number of aromatic nitrogens is 3. The van der Waals surface area contributed by atoms with Crippen molar-refractivity contribution in [2.45, 2.75) is 24.0 Å². The van der Waals surface area contributed by atoms with Crippen molar-refractivity contribution in [1.82, 2.24) is 15.2 Å². The average Bonchev–Trinajstić information content (AvgIpc) is 2.72. The molecule has 0 radical (unpaired) electrons. The van der Waals surface area contributed by atoms with Crippen molar-refractivity contribution < 1.29 is 4.74 Å². The van der Waals surface area contributed by atoms with Crippen molar-refractivity contribution in [3.05, 3.63) is 10.4 Å². The van der Waals surface area contributed by atoms with E-state index in [0.717, 1.165) is 25.2 Å². The summed E-state index contributed by atoms with van der Waals surface area (Å²) < 4.78 is 5.48. The number of thioether (sulfide) groups is 1. The van der Waals surface area contributed by atoms with Gasteiger partial charge in [0.25, 0.3) is 0 Å². The molecule has 1 saturated heterocycles. The molecule has 82 valence electrons. The van der Waals surface area contributed by atoms with E-state index in [-0.39, 0.29) is 5.28 Å². The summed E-state index contributed by atoms with van der Waals surface area (Å²) in [5.74, 6) is 0.828. The minimum absolute atomic E-state index is 0.120. The Hall–Kier alpha value is -0.100. The van der Waals surface area contributed by atoms with Crippen LogP contribution in [0, 0.1) is 0 Å². The minimum Gasteiger partial charge on any atom is -0.377 e. The zero-order valence-electron chi connectivity index (χ0n) is 7.82. The van der Waals surface area contributed by atoms with Crippen molar-refractivity contribution in [3.63, 3.8) is 0 Å². The summed E-state index contributed by atoms with van der Waals surface area (Å²) in [5.41, 5.74) is 0. The van der Waals surface area contributed by atoms with Crippen LogP contribution in [0.3, 0.4) is 0 Å². The van der Waals surface area contributed by atoms with Gasteiger partial charge in [-0.1, -0.05) is 11.6 Å². The normalized spacial score (nSPS) is 20.8. The van der Waals surface area contributed by atoms with Gasteiger partial charge >= 0.3 is 0 Å².